The molecule has 0 spiro atoms. The molecule has 0 saturated heterocycles. The molecule has 0 aliphatic carbocycles. The Kier molecular flexibility index (Phi) is 7.42. The summed E-state index contributed by atoms with van der Waals surface area (Å²) in [5, 5.41) is 10.7. The van der Waals surface area contributed by atoms with Crippen LogP contribution in [0.15, 0.2) is 95.0 Å². The van der Waals surface area contributed by atoms with E-state index in [-0.39, 0.29) is 11.7 Å². The Morgan fingerprint density at radius 2 is 2.02 bits per heavy atom. The third-order valence-electron chi connectivity index (χ3n) is 6.72. The summed E-state index contributed by atoms with van der Waals surface area (Å²) in [4.78, 5) is 16.2. The van der Waals surface area contributed by atoms with Gasteiger partial charge in [0.15, 0.2) is 0 Å². The van der Waals surface area contributed by atoms with Crippen LogP contribution in [0.5, 0.6) is 0 Å². The van der Waals surface area contributed by atoms with Gasteiger partial charge in [0, 0.05) is 54.8 Å². The average Bonchev–Trinajstić information content (AvgIpc) is 3.58. The van der Waals surface area contributed by atoms with E-state index in [2.05, 4.69) is 61.8 Å². The molecule has 0 bridgehead atoms. The first-order valence-electron chi connectivity index (χ1n) is 13.0. The Balaban J connectivity index is 1.19. The van der Waals surface area contributed by atoms with Crippen molar-refractivity contribution in [1.29, 1.82) is 0 Å². The van der Waals surface area contributed by atoms with Gasteiger partial charge in [0.1, 0.15) is 19.8 Å². The van der Waals surface area contributed by atoms with Crippen LogP contribution in [0.2, 0.25) is 0 Å². The molecule has 0 fully saturated rings. The van der Waals surface area contributed by atoms with E-state index in [1.807, 2.05) is 53.8 Å². The maximum atomic E-state index is 11.3. The summed E-state index contributed by atoms with van der Waals surface area (Å²) in [6.45, 7) is 2.18. The summed E-state index contributed by atoms with van der Waals surface area (Å²) in [6.07, 6.45) is 13.2. The molecule has 1 unspecified atom stereocenters. The van der Waals surface area contributed by atoms with Gasteiger partial charge in [-0.2, -0.15) is 5.10 Å². The van der Waals surface area contributed by atoms with Gasteiger partial charge >= 0.3 is 0 Å². The molecule has 9 nitrogen and oxygen atoms in total. The number of nitrogens with one attached hydrogen (secondary N) is 1. The highest BCUT2D eigenvalue weighted by molar-refractivity contribution is 7.90. The number of aromatic nitrogens is 3. The molecule has 6 rings (SSSR count). The molecule has 1 atom stereocenters. The number of thiazole rings is 1. The summed E-state index contributed by atoms with van der Waals surface area (Å²) in [6, 6.07) is 16.5. The minimum atomic E-state index is -2.98. The molecular formula is C29H29N7O2S2. The lowest BCUT2D eigenvalue weighted by Gasteiger charge is -2.27. The second-order valence-corrected chi connectivity index (χ2v) is 13.2. The largest absolute Gasteiger partial charge is 0.314 e. The number of allylic oxidation sites excluding steroid dienone is 1. The Bertz CT molecular complexity index is 1750. The van der Waals surface area contributed by atoms with Crippen molar-refractivity contribution >= 4 is 54.7 Å². The summed E-state index contributed by atoms with van der Waals surface area (Å²) >= 11 is 1.57. The van der Waals surface area contributed by atoms with E-state index in [0.29, 0.717) is 19.6 Å². The SMILES string of the molecule is CS(=O)(=O)CCNCc1ncc(N2C=CC3C=NCC(=Nc4ccc5c(cnn5Cc5ccccc5)c4)C3=C2)s1. The van der Waals surface area contributed by atoms with Gasteiger partial charge in [-0.3, -0.25) is 14.7 Å². The van der Waals surface area contributed by atoms with Crippen LogP contribution in [0, 0.1) is 5.92 Å². The molecule has 0 saturated carbocycles. The highest BCUT2D eigenvalue weighted by atomic mass is 32.2. The van der Waals surface area contributed by atoms with Gasteiger partial charge in [-0.25, -0.2) is 13.4 Å². The van der Waals surface area contributed by atoms with Gasteiger partial charge in [-0.15, -0.1) is 0 Å². The predicted molar refractivity (Wildman–Crippen MR) is 162 cm³/mol. The first-order valence-corrected chi connectivity index (χ1v) is 15.9. The summed E-state index contributed by atoms with van der Waals surface area (Å²) in [7, 11) is -2.98. The van der Waals surface area contributed by atoms with Crippen molar-refractivity contribution in [3.8, 4) is 0 Å². The van der Waals surface area contributed by atoms with Crippen LogP contribution in [0.4, 0.5) is 10.7 Å². The van der Waals surface area contributed by atoms with Gasteiger partial charge in [0.2, 0.25) is 0 Å². The maximum Gasteiger partial charge on any atom is 0.148 e. The van der Waals surface area contributed by atoms with E-state index in [1.54, 1.807) is 11.3 Å². The number of nitrogens with zero attached hydrogens (tertiary/aromatic N) is 6. The molecular weight excluding hydrogens is 543 g/mol. The van der Waals surface area contributed by atoms with Crippen LogP contribution in [0.3, 0.4) is 0 Å². The van der Waals surface area contributed by atoms with Crippen molar-refractivity contribution in [2.75, 3.05) is 30.0 Å². The van der Waals surface area contributed by atoms with Crippen molar-refractivity contribution in [2.45, 2.75) is 13.1 Å². The van der Waals surface area contributed by atoms with Crippen LogP contribution in [-0.4, -0.2) is 60.2 Å². The molecule has 2 aliphatic heterocycles. The summed E-state index contributed by atoms with van der Waals surface area (Å²) in [5.41, 5.74) is 5.20. The van der Waals surface area contributed by atoms with E-state index in [9.17, 15) is 8.42 Å². The molecule has 0 radical (unpaired) electrons. The van der Waals surface area contributed by atoms with E-state index in [1.165, 1.54) is 11.8 Å². The smallest absolute Gasteiger partial charge is 0.148 e. The molecule has 4 heterocycles. The van der Waals surface area contributed by atoms with Gasteiger partial charge in [0.05, 0.1) is 48.2 Å². The highest BCUT2D eigenvalue weighted by Gasteiger charge is 2.24. The first-order chi connectivity index (χ1) is 19.4. The Hall–Kier alpha value is -3.93. The zero-order chi connectivity index (χ0) is 27.5. The third-order valence-corrected chi connectivity index (χ3v) is 8.67. The molecule has 204 valence electrons. The van der Waals surface area contributed by atoms with Crippen molar-refractivity contribution < 1.29 is 8.42 Å². The number of hydrogen-bond acceptors (Lipinski definition) is 9. The summed E-state index contributed by atoms with van der Waals surface area (Å²) in [5.74, 6) is 0.186. The second-order valence-electron chi connectivity index (χ2n) is 9.84. The van der Waals surface area contributed by atoms with E-state index >= 15 is 0 Å². The molecule has 4 aromatic rings. The Labute approximate surface area is 237 Å². The van der Waals surface area contributed by atoms with Crippen LogP contribution in [-0.2, 0) is 22.9 Å². The Morgan fingerprint density at radius 1 is 1.15 bits per heavy atom. The molecule has 0 amide bonds. The minimum absolute atomic E-state index is 0.0751. The molecule has 2 aromatic carbocycles. The van der Waals surface area contributed by atoms with E-state index in [4.69, 9.17) is 4.99 Å². The van der Waals surface area contributed by atoms with Crippen molar-refractivity contribution in [3.05, 3.63) is 95.5 Å². The quantitative estimate of drug-likeness (QED) is 0.299. The van der Waals surface area contributed by atoms with Gasteiger partial charge in [0.25, 0.3) is 0 Å². The molecule has 2 aliphatic rings. The monoisotopic (exact) mass is 571 g/mol. The number of aliphatic imine (C=N–C) groups is 2. The number of anilines is 1. The topological polar surface area (TPSA) is 105 Å². The van der Waals surface area contributed by atoms with Crippen LogP contribution in [0.1, 0.15) is 10.6 Å². The average molecular weight is 572 g/mol. The lowest BCUT2D eigenvalue weighted by molar-refractivity contribution is 0.596. The first kappa shape index (κ1) is 26.3. The second kappa shape index (κ2) is 11.3. The number of benzene rings is 2. The van der Waals surface area contributed by atoms with Crippen LogP contribution >= 0.6 is 11.3 Å². The van der Waals surface area contributed by atoms with Gasteiger partial charge in [-0.1, -0.05) is 47.7 Å². The lowest BCUT2D eigenvalue weighted by Crippen LogP contribution is -2.27. The standard InChI is InChI=1S/C29H29N7O2S2/c1-40(37,38)12-10-30-17-28-32-18-29(39-28)35-11-9-22-14-31-16-26(25(22)20-35)34-24-7-8-27-23(13-24)15-33-36(27)19-21-5-3-2-4-6-21/h2-9,11,13-15,18,20,22,30H,10,12,16-17,19H2,1H3. The highest BCUT2D eigenvalue weighted by Crippen LogP contribution is 2.31. The normalized spacial score (nSPS) is 17.9. The molecule has 11 heteroatoms. The van der Waals surface area contributed by atoms with E-state index in [0.717, 1.165) is 44.4 Å². The molecule has 2 aromatic heterocycles. The maximum absolute atomic E-state index is 11.3. The number of fused-ring (bicyclic) bond motifs is 2. The fourth-order valence-corrected chi connectivity index (χ4v) is 6.04. The number of rotatable bonds is 9. The van der Waals surface area contributed by atoms with E-state index < -0.39 is 9.84 Å². The predicted octanol–water partition coefficient (Wildman–Crippen LogP) is 4.37. The minimum Gasteiger partial charge on any atom is -0.314 e. The lowest BCUT2D eigenvalue weighted by atomic mass is 9.92. The Morgan fingerprint density at radius 3 is 2.88 bits per heavy atom. The fourth-order valence-electron chi connectivity index (χ4n) is 4.68. The van der Waals surface area contributed by atoms with Crippen molar-refractivity contribution in [1.82, 2.24) is 20.1 Å². The number of sulfone groups is 1. The van der Waals surface area contributed by atoms with Crippen LogP contribution < -0.4 is 10.2 Å². The van der Waals surface area contributed by atoms with Gasteiger partial charge < -0.3 is 10.2 Å². The molecule has 40 heavy (non-hydrogen) atoms. The molecule has 1 N–H and O–H groups in total. The summed E-state index contributed by atoms with van der Waals surface area (Å²) < 4.78 is 24.7. The zero-order valence-electron chi connectivity index (χ0n) is 22.0. The number of hydrogen-bond donors (Lipinski definition) is 1. The third kappa shape index (κ3) is 6.11. The van der Waals surface area contributed by atoms with Crippen molar-refractivity contribution in [3.63, 3.8) is 0 Å². The van der Waals surface area contributed by atoms with Crippen LogP contribution in [0.25, 0.3) is 10.9 Å². The van der Waals surface area contributed by atoms with Gasteiger partial charge in [-0.05, 0) is 23.8 Å². The fraction of sp³-hybridized carbons (Fsp3) is 0.241. The van der Waals surface area contributed by atoms with Crippen molar-refractivity contribution in [2.24, 2.45) is 15.9 Å². The zero-order valence-corrected chi connectivity index (χ0v) is 23.6.